The lowest BCUT2D eigenvalue weighted by Gasteiger charge is -2.38. The van der Waals surface area contributed by atoms with E-state index in [-0.39, 0.29) is 0 Å². The normalized spacial score (nSPS) is 27.9. The van der Waals surface area contributed by atoms with Crippen LogP contribution in [0.1, 0.15) is 24.3 Å². The maximum atomic E-state index is 5.70. The van der Waals surface area contributed by atoms with E-state index in [4.69, 9.17) is 9.47 Å². The summed E-state index contributed by atoms with van der Waals surface area (Å²) in [7, 11) is 1.90. The average molecular weight is 387 g/mol. The molecule has 0 spiro atoms. The Hall–Kier alpha value is -1.63. The first-order chi connectivity index (χ1) is 13.8. The van der Waals surface area contributed by atoms with Gasteiger partial charge < -0.3 is 19.7 Å². The highest BCUT2D eigenvalue weighted by molar-refractivity contribution is 5.80. The number of nitrogens with one attached hydrogen (secondary N) is 1. The largest absolute Gasteiger partial charge is 0.381 e. The Labute approximate surface area is 168 Å². The Kier molecular flexibility index (Phi) is 6.83. The van der Waals surface area contributed by atoms with Crippen LogP contribution in [-0.2, 0) is 9.47 Å². The van der Waals surface area contributed by atoms with E-state index in [1.807, 2.05) is 7.05 Å². The van der Waals surface area contributed by atoms with E-state index in [2.05, 4.69) is 50.4 Å². The molecule has 0 aromatic heterocycles. The Morgan fingerprint density at radius 3 is 2.64 bits per heavy atom. The monoisotopic (exact) mass is 386 g/mol. The van der Waals surface area contributed by atoms with Gasteiger partial charge in [0.1, 0.15) is 0 Å². The summed E-state index contributed by atoms with van der Waals surface area (Å²) in [5, 5.41) is 3.70. The van der Waals surface area contributed by atoms with E-state index < -0.39 is 0 Å². The van der Waals surface area contributed by atoms with Crippen molar-refractivity contribution in [1.82, 2.24) is 15.1 Å². The van der Waals surface area contributed by atoms with Crippen molar-refractivity contribution >= 4 is 5.96 Å². The molecule has 3 fully saturated rings. The van der Waals surface area contributed by atoms with E-state index in [1.165, 1.54) is 12.0 Å². The van der Waals surface area contributed by atoms with Gasteiger partial charge in [0, 0.05) is 64.3 Å². The van der Waals surface area contributed by atoms with Crippen molar-refractivity contribution in [1.29, 1.82) is 0 Å². The number of hydrogen-bond acceptors (Lipinski definition) is 4. The lowest BCUT2D eigenvalue weighted by Crippen LogP contribution is -2.54. The minimum Gasteiger partial charge on any atom is -0.381 e. The van der Waals surface area contributed by atoms with E-state index in [9.17, 15) is 0 Å². The maximum absolute atomic E-state index is 5.70. The van der Waals surface area contributed by atoms with Crippen LogP contribution in [0.4, 0.5) is 0 Å². The molecule has 0 bridgehead atoms. The summed E-state index contributed by atoms with van der Waals surface area (Å²) in [6.07, 6.45) is 2.34. The molecule has 1 N–H and O–H groups in total. The number of ether oxygens (including phenoxy) is 2. The standard InChI is InChI=1S/C22H34N4O2/c1-23-22(26-9-7-19(16-26)18-5-3-2-4-6-18)24-15-21(20-8-12-28-17-20)25-10-13-27-14-11-25/h2-6,19-21H,7-17H2,1H3,(H,23,24). The molecular weight excluding hydrogens is 352 g/mol. The molecule has 6 heteroatoms. The second-order valence-corrected chi connectivity index (χ2v) is 8.11. The minimum absolute atomic E-state index is 0.482. The predicted molar refractivity (Wildman–Crippen MR) is 112 cm³/mol. The summed E-state index contributed by atoms with van der Waals surface area (Å²) < 4.78 is 11.3. The van der Waals surface area contributed by atoms with Crippen LogP contribution in [-0.4, -0.2) is 88.0 Å². The first-order valence-electron chi connectivity index (χ1n) is 10.7. The van der Waals surface area contributed by atoms with Gasteiger partial charge in [0.25, 0.3) is 0 Å². The number of guanidine groups is 1. The van der Waals surface area contributed by atoms with Crippen LogP contribution in [0.25, 0.3) is 0 Å². The molecule has 3 saturated heterocycles. The van der Waals surface area contributed by atoms with Crippen LogP contribution >= 0.6 is 0 Å². The lowest BCUT2D eigenvalue weighted by molar-refractivity contribution is 0.00236. The molecule has 1 aromatic rings. The minimum atomic E-state index is 0.482. The van der Waals surface area contributed by atoms with Crippen molar-refractivity contribution < 1.29 is 9.47 Å². The first kappa shape index (κ1) is 19.7. The number of rotatable bonds is 5. The highest BCUT2D eigenvalue weighted by atomic mass is 16.5. The van der Waals surface area contributed by atoms with Gasteiger partial charge in [-0.05, 0) is 18.4 Å². The number of morpholine rings is 1. The third kappa shape index (κ3) is 4.67. The molecule has 0 radical (unpaired) electrons. The summed E-state index contributed by atoms with van der Waals surface area (Å²) in [5.41, 5.74) is 1.44. The lowest BCUT2D eigenvalue weighted by atomic mass is 9.97. The van der Waals surface area contributed by atoms with Crippen molar-refractivity contribution in [2.24, 2.45) is 10.9 Å². The Morgan fingerprint density at radius 2 is 1.93 bits per heavy atom. The number of hydrogen-bond donors (Lipinski definition) is 1. The Bertz CT molecular complexity index is 627. The van der Waals surface area contributed by atoms with Crippen molar-refractivity contribution in [3.8, 4) is 0 Å². The van der Waals surface area contributed by atoms with Crippen molar-refractivity contribution in [2.45, 2.75) is 24.8 Å². The maximum Gasteiger partial charge on any atom is 0.193 e. The van der Waals surface area contributed by atoms with Crippen LogP contribution in [0.15, 0.2) is 35.3 Å². The predicted octanol–water partition coefficient (Wildman–Crippen LogP) is 1.79. The van der Waals surface area contributed by atoms with E-state index in [0.29, 0.717) is 17.9 Å². The van der Waals surface area contributed by atoms with Crippen molar-refractivity contribution in [2.75, 3.05) is 66.2 Å². The molecule has 3 aliphatic heterocycles. The molecule has 3 unspecified atom stereocenters. The number of benzene rings is 1. The third-order valence-electron chi connectivity index (χ3n) is 6.46. The fourth-order valence-corrected chi connectivity index (χ4v) is 4.84. The van der Waals surface area contributed by atoms with Crippen LogP contribution in [0, 0.1) is 5.92 Å². The van der Waals surface area contributed by atoms with Crippen LogP contribution in [0.2, 0.25) is 0 Å². The molecular formula is C22H34N4O2. The van der Waals surface area contributed by atoms with Crippen LogP contribution < -0.4 is 5.32 Å². The van der Waals surface area contributed by atoms with E-state index >= 15 is 0 Å². The summed E-state index contributed by atoms with van der Waals surface area (Å²) in [6, 6.07) is 11.4. The molecule has 0 saturated carbocycles. The van der Waals surface area contributed by atoms with Crippen LogP contribution in [0.5, 0.6) is 0 Å². The fourth-order valence-electron chi connectivity index (χ4n) is 4.84. The Balaban J connectivity index is 1.35. The summed E-state index contributed by atoms with van der Waals surface area (Å²) >= 11 is 0. The van der Waals surface area contributed by atoms with Crippen molar-refractivity contribution in [3.05, 3.63) is 35.9 Å². The summed E-state index contributed by atoms with van der Waals surface area (Å²) in [4.78, 5) is 9.60. The zero-order chi connectivity index (χ0) is 19.2. The average Bonchev–Trinajstić information content (AvgIpc) is 3.45. The number of aliphatic imine (C=N–C) groups is 1. The first-order valence-corrected chi connectivity index (χ1v) is 10.7. The topological polar surface area (TPSA) is 49.3 Å². The molecule has 3 aliphatic rings. The van der Waals surface area contributed by atoms with Gasteiger partial charge in [0.2, 0.25) is 0 Å². The zero-order valence-corrected chi connectivity index (χ0v) is 17.1. The number of nitrogens with zero attached hydrogens (tertiary/aromatic N) is 3. The molecule has 6 nitrogen and oxygen atoms in total. The molecule has 3 atom stereocenters. The molecule has 0 aliphatic carbocycles. The Morgan fingerprint density at radius 1 is 1.11 bits per heavy atom. The third-order valence-corrected chi connectivity index (χ3v) is 6.46. The zero-order valence-electron chi connectivity index (χ0n) is 17.1. The SMILES string of the molecule is CN=C(NCC(C1CCOC1)N1CCOCC1)N1CCC(c2ccccc2)C1. The molecule has 3 heterocycles. The molecule has 28 heavy (non-hydrogen) atoms. The van der Waals surface area contributed by atoms with E-state index in [0.717, 1.165) is 71.5 Å². The van der Waals surface area contributed by atoms with Gasteiger partial charge in [-0.3, -0.25) is 9.89 Å². The fraction of sp³-hybridized carbons (Fsp3) is 0.682. The van der Waals surface area contributed by atoms with E-state index in [1.54, 1.807) is 0 Å². The van der Waals surface area contributed by atoms with Gasteiger partial charge in [0.05, 0.1) is 19.8 Å². The van der Waals surface area contributed by atoms with Gasteiger partial charge in [-0.1, -0.05) is 30.3 Å². The second-order valence-electron chi connectivity index (χ2n) is 8.11. The van der Waals surface area contributed by atoms with Gasteiger partial charge in [0.15, 0.2) is 5.96 Å². The smallest absolute Gasteiger partial charge is 0.193 e. The number of likely N-dealkylation sites (tertiary alicyclic amines) is 1. The van der Waals surface area contributed by atoms with Gasteiger partial charge >= 0.3 is 0 Å². The molecule has 4 rings (SSSR count). The van der Waals surface area contributed by atoms with Crippen molar-refractivity contribution in [3.63, 3.8) is 0 Å². The molecule has 154 valence electrons. The van der Waals surface area contributed by atoms with Gasteiger partial charge in [-0.15, -0.1) is 0 Å². The van der Waals surface area contributed by atoms with Gasteiger partial charge in [-0.2, -0.15) is 0 Å². The molecule has 1 aromatic carbocycles. The van der Waals surface area contributed by atoms with Gasteiger partial charge in [-0.25, -0.2) is 0 Å². The highest BCUT2D eigenvalue weighted by Crippen LogP contribution is 2.27. The highest BCUT2D eigenvalue weighted by Gasteiger charge is 2.32. The molecule has 0 amide bonds. The second kappa shape index (κ2) is 9.72. The van der Waals surface area contributed by atoms with Crippen LogP contribution in [0.3, 0.4) is 0 Å². The quantitative estimate of drug-likeness (QED) is 0.618. The summed E-state index contributed by atoms with van der Waals surface area (Å²) in [5.74, 6) is 2.23. The summed E-state index contributed by atoms with van der Waals surface area (Å²) in [6.45, 7) is 8.50.